The van der Waals surface area contributed by atoms with Crippen LogP contribution in [0.2, 0.25) is 0 Å². The summed E-state index contributed by atoms with van der Waals surface area (Å²) in [4.78, 5) is 20.8. The number of unbranched alkanes of at least 4 members (excludes halogenated alkanes) is 1. The Bertz CT molecular complexity index is 411. The molecule has 1 aliphatic heterocycles. The van der Waals surface area contributed by atoms with Crippen LogP contribution >= 0.6 is 0 Å². The average Bonchev–Trinajstić information content (AvgIpc) is 2.47. The molecule has 0 aliphatic carbocycles. The number of β-lactam (4-membered cyclic amide) rings is 1. The topological polar surface area (TPSA) is 55.4 Å². The number of aryl methyl sites for hydroxylation is 1. The minimum absolute atomic E-state index is 0.0674. The van der Waals surface area contributed by atoms with Crippen LogP contribution in [-0.2, 0) is 20.7 Å². The molecule has 1 heterocycles. The van der Waals surface area contributed by atoms with Gasteiger partial charge in [-0.2, -0.15) is 0 Å². The smallest absolute Gasteiger partial charge is 0.305 e. The lowest BCUT2D eigenvalue weighted by atomic mass is 10.1. The van der Waals surface area contributed by atoms with E-state index in [0.29, 0.717) is 13.0 Å². The molecule has 1 aromatic rings. The van der Waals surface area contributed by atoms with Crippen LogP contribution in [0.5, 0.6) is 0 Å². The average molecular weight is 291 g/mol. The number of rotatable bonds is 7. The van der Waals surface area contributed by atoms with Gasteiger partial charge in [-0.25, -0.2) is 0 Å². The number of amides is 1. The van der Waals surface area contributed by atoms with E-state index in [1.807, 2.05) is 13.0 Å². The number of hydrogen-bond acceptors (Lipinski definition) is 3. The summed E-state index contributed by atoms with van der Waals surface area (Å²) in [7, 11) is 0. The van der Waals surface area contributed by atoms with Crippen LogP contribution in [-0.4, -0.2) is 25.0 Å². The minimum atomic E-state index is -0.0674. The Labute approximate surface area is 126 Å². The van der Waals surface area contributed by atoms with Crippen LogP contribution in [0.25, 0.3) is 0 Å². The fourth-order valence-corrected chi connectivity index (χ4v) is 1.77. The van der Waals surface area contributed by atoms with Gasteiger partial charge in [0.2, 0.25) is 5.91 Å². The molecule has 1 N–H and O–H groups in total. The highest BCUT2D eigenvalue weighted by Gasteiger charge is 2.07. The molecule has 0 bridgehead atoms. The van der Waals surface area contributed by atoms with Crippen molar-refractivity contribution < 1.29 is 14.3 Å². The summed E-state index contributed by atoms with van der Waals surface area (Å²) in [6.07, 6.45) is 5.22. The van der Waals surface area contributed by atoms with E-state index in [1.54, 1.807) is 0 Å². The van der Waals surface area contributed by atoms with Crippen molar-refractivity contribution >= 4 is 11.9 Å². The SMILES string of the molecule is CCCC(=O)OCCCCc1ccccc1.O=C1CCN1. The first kappa shape index (κ1) is 17.2. The Hall–Kier alpha value is -1.84. The van der Waals surface area contributed by atoms with Crippen molar-refractivity contribution in [3.63, 3.8) is 0 Å². The standard InChI is InChI=1S/C14H20O2.C3H5NO/c1-2-8-14(15)16-12-7-6-11-13-9-4-3-5-10-13;5-3-1-2-4-3/h3-5,9-10H,2,6-8,11-12H2,1H3;1-2H2,(H,4,5). The van der Waals surface area contributed by atoms with Crippen LogP contribution in [0, 0.1) is 0 Å². The summed E-state index contributed by atoms with van der Waals surface area (Å²) in [5, 5.41) is 2.57. The van der Waals surface area contributed by atoms with Crippen molar-refractivity contribution in [2.24, 2.45) is 0 Å². The highest BCUT2D eigenvalue weighted by Crippen LogP contribution is 2.04. The third-order valence-corrected chi connectivity index (χ3v) is 3.09. The van der Waals surface area contributed by atoms with E-state index in [0.717, 1.165) is 38.6 Å². The van der Waals surface area contributed by atoms with Gasteiger partial charge in [0.15, 0.2) is 0 Å². The van der Waals surface area contributed by atoms with Crippen LogP contribution in [0.15, 0.2) is 30.3 Å². The second-order valence-corrected chi connectivity index (χ2v) is 5.01. The van der Waals surface area contributed by atoms with E-state index in [9.17, 15) is 9.59 Å². The van der Waals surface area contributed by atoms with Gasteiger partial charge in [-0.1, -0.05) is 37.3 Å². The van der Waals surface area contributed by atoms with Gasteiger partial charge < -0.3 is 10.1 Å². The molecule has 4 nitrogen and oxygen atoms in total. The number of benzene rings is 1. The molecule has 1 aromatic carbocycles. The maximum absolute atomic E-state index is 11.1. The van der Waals surface area contributed by atoms with Gasteiger partial charge in [-0.3, -0.25) is 9.59 Å². The summed E-state index contributed by atoms with van der Waals surface area (Å²) < 4.78 is 5.08. The summed E-state index contributed by atoms with van der Waals surface area (Å²) in [6.45, 7) is 3.43. The van der Waals surface area contributed by atoms with Gasteiger partial charge in [-0.05, 0) is 31.2 Å². The van der Waals surface area contributed by atoms with Gasteiger partial charge >= 0.3 is 5.97 Å². The molecular weight excluding hydrogens is 266 g/mol. The lowest BCUT2D eigenvalue weighted by Crippen LogP contribution is -2.37. The minimum Gasteiger partial charge on any atom is -0.466 e. The Morgan fingerprint density at radius 3 is 2.43 bits per heavy atom. The number of nitrogens with one attached hydrogen (secondary N) is 1. The van der Waals surface area contributed by atoms with Gasteiger partial charge in [-0.15, -0.1) is 0 Å². The highest BCUT2D eigenvalue weighted by atomic mass is 16.5. The van der Waals surface area contributed by atoms with Crippen molar-refractivity contribution in [1.29, 1.82) is 0 Å². The van der Waals surface area contributed by atoms with E-state index >= 15 is 0 Å². The Morgan fingerprint density at radius 1 is 1.24 bits per heavy atom. The molecular formula is C17H25NO3. The zero-order valence-electron chi connectivity index (χ0n) is 12.8. The first-order valence-electron chi connectivity index (χ1n) is 7.68. The molecule has 0 atom stereocenters. The first-order chi connectivity index (χ1) is 10.2. The van der Waals surface area contributed by atoms with E-state index in [4.69, 9.17) is 4.74 Å². The molecule has 0 radical (unpaired) electrons. The molecule has 0 spiro atoms. The number of carbonyl (C=O) groups excluding carboxylic acids is 2. The zero-order valence-corrected chi connectivity index (χ0v) is 12.8. The molecule has 2 rings (SSSR count). The van der Waals surface area contributed by atoms with Crippen LogP contribution in [0.1, 0.15) is 44.6 Å². The molecule has 0 saturated carbocycles. The molecule has 0 aromatic heterocycles. The van der Waals surface area contributed by atoms with Crippen LogP contribution in [0.3, 0.4) is 0 Å². The normalized spacial score (nSPS) is 12.5. The number of esters is 1. The predicted molar refractivity (Wildman–Crippen MR) is 82.9 cm³/mol. The van der Waals surface area contributed by atoms with Gasteiger partial charge in [0.1, 0.15) is 0 Å². The second kappa shape index (κ2) is 10.9. The summed E-state index contributed by atoms with van der Waals surface area (Å²) in [5.74, 6) is 0.118. The maximum atomic E-state index is 11.1. The third-order valence-electron chi connectivity index (χ3n) is 3.09. The molecule has 1 fully saturated rings. The van der Waals surface area contributed by atoms with Crippen LogP contribution in [0.4, 0.5) is 0 Å². The maximum Gasteiger partial charge on any atom is 0.305 e. The first-order valence-corrected chi connectivity index (χ1v) is 7.68. The monoisotopic (exact) mass is 291 g/mol. The van der Waals surface area contributed by atoms with E-state index in [-0.39, 0.29) is 11.9 Å². The molecule has 4 heteroatoms. The van der Waals surface area contributed by atoms with E-state index in [2.05, 4.69) is 29.6 Å². The molecule has 21 heavy (non-hydrogen) atoms. The molecule has 116 valence electrons. The van der Waals surface area contributed by atoms with E-state index < -0.39 is 0 Å². The lowest BCUT2D eigenvalue weighted by molar-refractivity contribution is -0.143. The number of hydrogen-bond donors (Lipinski definition) is 1. The van der Waals surface area contributed by atoms with Crippen LogP contribution < -0.4 is 5.32 Å². The molecule has 1 aliphatic rings. The molecule has 1 saturated heterocycles. The zero-order chi connectivity index (χ0) is 15.3. The second-order valence-electron chi connectivity index (χ2n) is 5.01. The fraction of sp³-hybridized carbons (Fsp3) is 0.529. The van der Waals surface area contributed by atoms with Crippen molar-refractivity contribution in [2.75, 3.05) is 13.2 Å². The largest absolute Gasteiger partial charge is 0.466 e. The molecule has 1 amide bonds. The van der Waals surface area contributed by atoms with Gasteiger partial charge in [0.05, 0.1) is 6.61 Å². The third kappa shape index (κ3) is 8.84. The van der Waals surface area contributed by atoms with E-state index in [1.165, 1.54) is 5.56 Å². The number of carbonyl (C=O) groups is 2. The quantitative estimate of drug-likeness (QED) is 0.477. The lowest BCUT2D eigenvalue weighted by Gasteiger charge is -2.10. The van der Waals surface area contributed by atoms with Crippen molar-refractivity contribution in [1.82, 2.24) is 5.32 Å². The summed E-state index contributed by atoms with van der Waals surface area (Å²) in [5.41, 5.74) is 1.35. The fourth-order valence-electron chi connectivity index (χ4n) is 1.77. The summed E-state index contributed by atoms with van der Waals surface area (Å²) >= 11 is 0. The highest BCUT2D eigenvalue weighted by molar-refractivity contribution is 5.81. The van der Waals surface area contributed by atoms with Crippen molar-refractivity contribution in [3.05, 3.63) is 35.9 Å². The van der Waals surface area contributed by atoms with Crippen molar-refractivity contribution in [3.8, 4) is 0 Å². The predicted octanol–water partition coefficient (Wildman–Crippen LogP) is 2.86. The van der Waals surface area contributed by atoms with Gasteiger partial charge in [0.25, 0.3) is 0 Å². The van der Waals surface area contributed by atoms with Crippen molar-refractivity contribution in [2.45, 2.75) is 45.4 Å². The van der Waals surface area contributed by atoms with Gasteiger partial charge in [0, 0.05) is 19.4 Å². The number of ether oxygens (including phenoxy) is 1. The Morgan fingerprint density at radius 2 is 1.90 bits per heavy atom. The molecule has 0 unspecified atom stereocenters. The summed E-state index contributed by atoms with van der Waals surface area (Å²) in [6, 6.07) is 10.4. The Balaban J connectivity index is 0.000000369. The Kier molecular flexibility index (Phi) is 8.93.